The predicted molar refractivity (Wildman–Crippen MR) is 61.8 cm³/mol. The molecular formula is C12H19N3. The SMILES string of the molecule is Cc1cnc(NCC2CCC(C)C2)nc1. The van der Waals surface area contributed by atoms with Gasteiger partial charge in [0.15, 0.2) is 0 Å². The maximum atomic E-state index is 4.24. The number of hydrogen-bond acceptors (Lipinski definition) is 3. The molecule has 1 aliphatic carbocycles. The second-order valence-electron chi connectivity index (χ2n) is 4.75. The Morgan fingerprint density at radius 3 is 2.67 bits per heavy atom. The number of nitrogens with zero attached hydrogens (tertiary/aromatic N) is 2. The molecule has 15 heavy (non-hydrogen) atoms. The summed E-state index contributed by atoms with van der Waals surface area (Å²) in [5, 5.41) is 3.31. The molecule has 82 valence electrons. The number of anilines is 1. The van der Waals surface area contributed by atoms with Crippen LogP contribution in [0.4, 0.5) is 5.95 Å². The molecular weight excluding hydrogens is 186 g/mol. The number of hydrogen-bond donors (Lipinski definition) is 1. The van der Waals surface area contributed by atoms with Crippen molar-refractivity contribution in [1.82, 2.24) is 9.97 Å². The van der Waals surface area contributed by atoms with E-state index in [4.69, 9.17) is 0 Å². The molecule has 3 heteroatoms. The smallest absolute Gasteiger partial charge is 0.222 e. The molecule has 1 aromatic rings. The molecule has 1 fully saturated rings. The summed E-state index contributed by atoms with van der Waals surface area (Å²) in [7, 11) is 0. The van der Waals surface area contributed by atoms with Crippen LogP contribution in [0.2, 0.25) is 0 Å². The molecule has 1 N–H and O–H groups in total. The fourth-order valence-electron chi connectivity index (χ4n) is 2.23. The zero-order valence-corrected chi connectivity index (χ0v) is 9.53. The first-order valence-corrected chi connectivity index (χ1v) is 5.76. The van der Waals surface area contributed by atoms with E-state index in [1.165, 1.54) is 19.3 Å². The van der Waals surface area contributed by atoms with Crippen molar-refractivity contribution in [2.45, 2.75) is 33.1 Å². The molecule has 0 aliphatic heterocycles. The first kappa shape index (κ1) is 10.4. The Morgan fingerprint density at radius 1 is 1.33 bits per heavy atom. The van der Waals surface area contributed by atoms with Gasteiger partial charge in [-0.15, -0.1) is 0 Å². The molecule has 1 heterocycles. The highest BCUT2D eigenvalue weighted by molar-refractivity contribution is 5.24. The van der Waals surface area contributed by atoms with Crippen LogP contribution in [0.25, 0.3) is 0 Å². The van der Waals surface area contributed by atoms with Crippen LogP contribution in [0.5, 0.6) is 0 Å². The number of rotatable bonds is 3. The lowest BCUT2D eigenvalue weighted by Gasteiger charge is -2.10. The lowest BCUT2D eigenvalue weighted by atomic mass is 10.1. The Balaban J connectivity index is 1.80. The zero-order valence-electron chi connectivity index (χ0n) is 9.53. The molecule has 2 rings (SSSR count). The lowest BCUT2D eigenvalue weighted by molar-refractivity contribution is 0.536. The van der Waals surface area contributed by atoms with Crippen LogP contribution in [0, 0.1) is 18.8 Å². The maximum Gasteiger partial charge on any atom is 0.222 e. The molecule has 2 atom stereocenters. The van der Waals surface area contributed by atoms with Crippen molar-refractivity contribution in [1.29, 1.82) is 0 Å². The van der Waals surface area contributed by atoms with E-state index in [-0.39, 0.29) is 0 Å². The van der Waals surface area contributed by atoms with Crippen LogP contribution in [0.15, 0.2) is 12.4 Å². The lowest BCUT2D eigenvalue weighted by Crippen LogP contribution is -2.13. The number of aryl methyl sites for hydroxylation is 1. The maximum absolute atomic E-state index is 4.24. The van der Waals surface area contributed by atoms with Crippen LogP contribution in [0.1, 0.15) is 31.7 Å². The van der Waals surface area contributed by atoms with Gasteiger partial charge in [0.25, 0.3) is 0 Å². The molecule has 0 radical (unpaired) electrons. The first-order chi connectivity index (χ1) is 7.24. The summed E-state index contributed by atoms with van der Waals surface area (Å²) in [6.45, 7) is 5.36. The number of nitrogens with one attached hydrogen (secondary N) is 1. The van der Waals surface area contributed by atoms with Gasteiger partial charge < -0.3 is 5.32 Å². The second kappa shape index (κ2) is 4.60. The summed E-state index contributed by atoms with van der Waals surface area (Å²) in [6, 6.07) is 0. The Labute approximate surface area is 91.3 Å². The van der Waals surface area contributed by atoms with Crippen LogP contribution >= 0.6 is 0 Å². The van der Waals surface area contributed by atoms with Gasteiger partial charge in [-0.05, 0) is 37.2 Å². The molecule has 2 unspecified atom stereocenters. The van der Waals surface area contributed by atoms with E-state index in [1.54, 1.807) is 0 Å². The van der Waals surface area contributed by atoms with Crippen molar-refractivity contribution in [3.63, 3.8) is 0 Å². The van der Waals surface area contributed by atoms with E-state index in [0.717, 1.165) is 29.9 Å². The summed E-state index contributed by atoms with van der Waals surface area (Å²) in [4.78, 5) is 8.47. The Kier molecular flexibility index (Phi) is 3.19. The van der Waals surface area contributed by atoms with Gasteiger partial charge in [-0.3, -0.25) is 0 Å². The third-order valence-corrected chi connectivity index (χ3v) is 3.13. The molecule has 0 saturated heterocycles. The van der Waals surface area contributed by atoms with Crippen molar-refractivity contribution < 1.29 is 0 Å². The topological polar surface area (TPSA) is 37.8 Å². The van der Waals surface area contributed by atoms with Gasteiger partial charge >= 0.3 is 0 Å². The van der Waals surface area contributed by atoms with E-state index in [0.29, 0.717) is 0 Å². The summed E-state index contributed by atoms with van der Waals surface area (Å²) in [6.07, 6.45) is 7.78. The molecule has 3 nitrogen and oxygen atoms in total. The summed E-state index contributed by atoms with van der Waals surface area (Å²) < 4.78 is 0. The van der Waals surface area contributed by atoms with Crippen LogP contribution in [0.3, 0.4) is 0 Å². The third kappa shape index (κ3) is 2.91. The highest BCUT2D eigenvalue weighted by Crippen LogP contribution is 2.30. The van der Waals surface area contributed by atoms with Crippen molar-refractivity contribution in [2.75, 3.05) is 11.9 Å². The third-order valence-electron chi connectivity index (χ3n) is 3.13. The molecule has 0 aromatic carbocycles. The van der Waals surface area contributed by atoms with Crippen molar-refractivity contribution in [2.24, 2.45) is 11.8 Å². The van der Waals surface area contributed by atoms with E-state index in [2.05, 4.69) is 22.2 Å². The largest absolute Gasteiger partial charge is 0.354 e. The molecule has 0 spiro atoms. The van der Waals surface area contributed by atoms with Crippen LogP contribution in [-0.4, -0.2) is 16.5 Å². The predicted octanol–water partition coefficient (Wildman–Crippen LogP) is 2.63. The van der Waals surface area contributed by atoms with Crippen molar-refractivity contribution in [3.8, 4) is 0 Å². The van der Waals surface area contributed by atoms with Gasteiger partial charge in [-0.2, -0.15) is 0 Å². The van der Waals surface area contributed by atoms with Crippen LogP contribution < -0.4 is 5.32 Å². The molecule has 0 bridgehead atoms. The molecule has 0 amide bonds. The van der Waals surface area contributed by atoms with Gasteiger partial charge in [0.2, 0.25) is 5.95 Å². The van der Waals surface area contributed by atoms with Gasteiger partial charge in [0.1, 0.15) is 0 Å². The van der Waals surface area contributed by atoms with Gasteiger partial charge in [0, 0.05) is 18.9 Å². The highest BCUT2D eigenvalue weighted by atomic mass is 15.1. The molecule has 1 aliphatic rings. The van der Waals surface area contributed by atoms with Crippen LogP contribution in [-0.2, 0) is 0 Å². The summed E-state index contributed by atoms with van der Waals surface area (Å²) >= 11 is 0. The normalized spacial score (nSPS) is 25.5. The van der Waals surface area contributed by atoms with Gasteiger partial charge in [0.05, 0.1) is 0 Å². The Morgan fingerprint density at radius 2 is 2.07 bits per heavy atom. The van der Waals surface area contributed by atoms with Gasteiger partial charge in [-0.25, -0.2) is 9.97 Å². The monoisotopic (exact) mass is 205 g/mol. The fourth-order valence-corrected chi connectivity index (χ4v) is 2.23. The zero-order chi connectivity index (χ0) is 10.7. The van der Waals surface area contributed by atoms with E-state index in [9.17, 15) is 0 Å². The van der Waals surface area contributed by atoms with Crippen molar-refractivity contribution >= 4 is 5.95 Å². The van der Waals surface area contributed by atoms with E-state index >= 15 is 0 Å². The van der Waals surface area contributed by atoms with Gasteiger partial charge in [-0.1, -0.05) is 13.3 Å². The minimum absolute atomic E-state index is 0.764. The highest BCUT2D eigenvalue weighted by Gasteiger charge is 2.20. The molecule has 1 saturated carbocycles. The van der Waals surface area contributed by atoms with E-state index in [1.807, 2.05) is 19.3 Å². The average molecular weight is 205 g/mol. The number of aromatic nitrogens is 2. The summed E-state index contributed by atoms with van der Waals surface area (Å²) in [5.41, 5.74) is 1.11. The standard InChI is InChI=1S/C12H19N3/c1-9-3-4-11(5-9)8-15-12-13-6-10(2)7-14-12/h6-7,9,11H,3-5,8H2,1-2H3,(H,13,14,15). The fraction of sp³-hybridized carbons (Fsp3) is 0.667. The van der Waals surface area contributed by atoms with E-state index < -0.39 is 0 Å². The second-order valence-corrected chi connectivity index (χ2v) is 4.75. The van der Waals surface area contributed by atoms with Crippen molar-refractivity contribution in [3.05, 3.63) is 18.0 Å². The Bertz CT molecular complexity index is 307. The minimum atomic E-state index is 0.764. The summed E-state index contributed by atoms with van der Waals surface area (Å²) in [5.74, 6) is 2.47. The Hall–Kier alpha value is -1.12. The average Bonchev–Trinajstić information content (AvgIpc) is 2.64. The minimum Gasteiger partial charge on any atom is -0.354 e. The molecule has 1 aromatic heterocycles. The quantitative estimate of drug-likeness (QED) is 0.824. The first-order valence-electron chi connectivity index (χ1n) is 5.76.